The molecular formula is C22H44IN3O3. The van der Waals surface area contributed by atoms with Crippen molar-refractivity contribution >= 4 is 29.9 Å². The van der Waals surface area contributed by atoms with Crippen molar-refractivity contribution in [1.82, 2.24) is 10.2 Å². The number of likely N-dealkylation sites (tertiary alicyclic amines) is 1. The van der Waals surface area contributed by atoms with Gasteiger partial charge in [-0.3, -0.25) is 4.99 Å². The van der Waals surface area contributed by atoms with E-state index in [1.165, 1.54) is 12.8 Å². The largest absolute Gasteiger partial charge is 0.396 e. The number of aliphatic hydroxyl groups excluding tert-OH is 1. The van der Waals surface area contributed by atoms with E-state index >= 15 is 0 Å². The molecule has 0 aliphatic carbocycles. The number of hydrogen-bond acceptors (Lipinski definition) is 4. The molecule has 2 aliphatic heterocycles. The molecule has 2 aliphatic rings. The highest BCUT2D eigenvalue weighted by Crippen LogP contribution is 2.19. The van der Waals surface area contributed by atoms with Crippen LogP contribution in [0.4, 0.5) is 0 Å². The topological polar surface area (TPSA) is 66.3 Å². The van der Waals surface area contributed by atoms with Crippen molar-refractivity contribution < 1.29 is 14.6 Å². The fraction of sp³-hybridized carbons (Fsp3) is 0.955. The SMILES string of the molecule is CCNC(=NCC(CCO)CC(C)C)N1CCC(OCC2CCCCO2)CC1.I. The Balaban J connectivity index is 0.00000420. The third-order valence-electron chi connectivity index (χ3n) is 5.71. The average Bonchev–Trinajstić information content (AvgIpc) is 2.70. The van der Waals surface area contributed by atoms with Crippen LogP contribution in [0.25, 0.3) is 0 Å². The van der Waals surface area contributed by atoms with Gasteiger partial charge in [0.1, 0.15) is 0 Å². The minimum Gasteiger partial charge on any atom is -0.396 e. The summed E-state index contributed by atoms with van der Waals surface area (Å²) in [6.07, 6.45) is 8.28. The Morgan fingerprint density at radius 2 is 2.00 bits per heavy atom. The van der Waals surface area contributed by atoms with Gasteiger partial charge in [-0.05, 0) is 63.7 Å². The first-order valence-electron chi connectivity index (χ1n) is 11.5. The van der Waals surface area contributed by atoms with Crippen LogP contribution in [0.2, 0.25) is 0 Å². The maximum absolute atomic E-state index is 9.34. The second-order valence-corrected chi connectivity index (χ2v) is 8.71. The zero-order chi connectivity index (χ0) is 20.2. The van der Waals surface area contributed by atoms with E-state index in [0.717, 1.165) is 77.5 Å². The average molecular weight is 526 g/mol. The van der Waals surface area contributed by atoms with E-state index in [1.807, 2.05) is 0 Å². The van der Waals surface area contributed by atoms with Crippen molar-refractivity contribution in [3.8, 4) is 0 Å². The third kappa shape index (κ3) is 10.6. The molecule has 2 saturated heterocycles. The number of aliphatic imine (C=N–C) groups is 1. The minimum absolute atomic E-state index is 0. The molecule has 2 fully saturated rings. The van der Waals surface area contributed by atoms with Crippen molar-refractivity contribution in [1.29, 1.82) is 0 Å². The van der Waals surface area contributed by atoms with Crippen LogP contribution in [0.15, 0.2) is 4.99 Å². The number of nitrogens with one attached hydrogen (secondary N) is 1. The van der Waals surface area contributed by atoms with Crippen molar-refractivity contribution in [3.63, 3.8) is 0 Å². The van der Waals surface area contributed by atoms with Crippen LogP contribution in [0.1, 0.15) is 65.7 Å². The van der Waals surface area contributed by atoms with Crippen LogP contribution in [0.5, 0.6) is 0 Å². The summed E-state index contributed by atoms with van der Waals surface area (Å²) < 4.78 is 11.9. The molecule has 0 spiro atoms. The standard InChI is InChI=1S/C22H43N3O3.HI/c1-4-23-22(24-16-19(10-13-26)15-18(2)3)25-11-8-20(9-12-25)28-17-21-7-5-6-14-27-21;/h18-21,26H,4-17H2,1-3H3,(H,23,24);1H. The van der Waals surface area contributed by atoms with Crippen LogP contribution in [-0.4, -0.2) is 74.2 Å². The number of piperidine rings is 1. The van der Waals surface area contributed by atoms with Gasteiger partial charge in [0, 0.05) is 39.4 Å². The van der Waals surface area contributed by atoms with E-state index in [-0.39, 0.29) is 30.6 Å². The van der Waals surface area contributed by atoms with E-state index in [9.17, 15) is 5.11 Å². The Morgan fingerprint density at radius 1 is 1.24 bits per heavy atom. The van der Waals surface area contributed by atoms with Gasteiger partial charge in [-0.2, -0.15) is 0 Å². The number of halogens is 1. The maximum Gasteiger partial charge on any atom is 0.193 e. The van der Waals surface area contributed by atoms with E-state index in [4.69, 9.17) is 14.5 Å². The molecule has 0 amide bonds. The molecule has 29 heavy (non-hydrogen) atoms. The van der Waals surface area contributed by atoms with Gasteiger partial charge in [0.15, 0.2) is 5.96 Å². The molecular weight excluding hydrogens is 481 g/mol. The quantitative estimate of drug-likeness (QED) is 0.259. The highest BCUT2D eigenvalue weighted by molar-refractivity contribution is 14.0. The molecule has 0 aromatic rings. The molecule has 172 valence electrons. The first kappa shape index (κ1) is 26.9. The van der Waals surface area contributed by atoms with E-state index in [2.05, 4.69) is 31.0 Å². The number of rotatable bonds is 10. The van der Waals surface area contributed by atoms with Crippen molar-refractivity contribution in [2.24, 2.45) is 16.8 Å². The van der Waals surface area contributed by atoms with Gasteiger partial charge in [-0.25, -0.2) is 0 Å². The van der Waals surface area contributed by atoms with Crippen molar-refractivity contribution in [3.05, 3.63) is 0 Å². The Hall–Kier alpha value is -0.120. The third-order valence-corrected chi connectivity index (χ3v) is 5.71. The first-order chi connectivity index (χ1) is 13.6. The van der Waals surface area contributed by atoms with Crippen LogP contribution < -0.4 is 5.32 Å². The second-order valence-electron chi connectivity index (χ2n) is 8.71. The van der Waals surface area contributed by atoms with Gasteiger partial charge in [-0.1, -0.05) is 13.8 Å². The molecule has 2 rings (SSSR count). The van der Waals surface area contributed by atoms with E-state index in [0.29, 0.717) is 24.0 Å². The van der Waals surface area contributed by atoms with Crippen LogP contribution >= 0.6 is 24.0 Å². The Bertz CT molecular complexity index is 437. The summed E-state index contributed by atoms with van der Waals surface area (Å²) in [5.74, 6) is 2.11. The zero-order valence-corrected chi connectivity index (χ0v) is 21.1. The molecule has 0 saturated carbocycles. The molecule has 7 heteroatoms. The highest BCUT2D eigenvalue weighted by atomic mass is 127. The maximum atomic E-state index is 9.34. The second kappa shape index (κ2) is 15.6. The summed E-state index contributed by atoms with van der Waals surface area (Å²) >= 11 is 0. The van der Waals surface area contributed by atoms with Crippen LogP contribution in [0, 0.1) is 11.8 Å². The zero-order valence-electron chi connectivity index (χ0n) is 18.8. The Labute approximate surface area is 195 Å². The van der Waals surface area contributed by atoms with E-state index < -0.39 is 0 Å². The molecule has 0 aromatic heterocycles. The van der Waals surface area contributed by atoms with Gasteiger partial charge in [0.25, 0.3) is 0 Å². The predicted octanol–water partition coefficient (Wildman–Crippen LogP) is 3.66. The van der Waals surface area contributed by atoms with E-state index in [1.54, 1.807) is 0 Å². The van der Waals surface area contributed by atoms with Crippen LogP contribution in [-0.2, 0) is 9.47 Å². The van der Waals surface area contributed by atoms with Gasteiger partial charge < -0.3 is 24.8 Å². The van der Waals surface area contributed by atoms with Gasteiger partial charge in [-0.15, -0.1) is 24.0 Å². The summed E-state index contributed by atoms with van der Waals surface area (Å²) in [5, 5.41) is 12.8. The summed E-state index contributed by atoms with van der Waals surface area (Å²) in [7, 11) is 0. The lowest BCUT2D eigenvalue weighted by Gasteiger charge is -2.35. The van der Waals surface area contributed by atoms with Gasteiger partial charge >= 0.3 is 0 Å². The Kier molecular flexibility index (Phi) is 14.5. The summed E-state index contributed by atoms with van der Waals surface area (Å²) in [6, 6.07) is 0. The number of nitrogens with zero attached hydrogens (tertiary/aromatic N) is 2. The monoisotopic (exact) mass is 525 g/mol. The van der Waals surface area contributed by atoms with Crippen molar-refractivity contribution in [2.75, 3.05) is 46.0 Å². The lowest BCUT2D eigenvalue weighted by Crippen LogP contribution is -2.47. The first-order valence-corrected chi connectivity index (χ1v) is 11.5. The van der Waals surface area contributed by atoms with Gasteiger partial charge in [0.2, 0.25) is 0 Å². The number of guanidine groups is 1. The molecule has 6 nitrogen and oxygen atoms in total. The predicted molar refractivity (Wildman–Crippen MR) is 130 cm³/mol. The normalized spacial score (nSPS) is 22.4. The molecule has 0 aromatic carbocycles. The number of hydrogen-bond donors (Lipinski definition) is 2. The molecule has 2 N–H and O–H groups in total. The summed E-state index contributed by atoms with van der Waals surface area (Å²) in [4.78, 5) is 7.28. The summed E-state index contributed by atoms with van der Waals surface area (Å²) in [6.45, 7) is 12.1. The lowest BCUT2D eigenvalue weighted by atomic mass is 9.94. The molecule has 2 unspecified atom stereocenters. The molecule has 2 heterocycles. The van der Waals surface area contributed by atoms with Gasteiger partial charge in [0.05, 0.1) is 18.8 Å². The molecule has 2 atom stereocenters. The smallest absolute Gasteiger partial charge is 0.193 e. The molecule has 0 bridgehead atoms. The van der Waals surface area contributed by atoms with Crippen molar-refractivity contribution in [2.45, 2.75) is 77.9 Å². The number of aliphatic hydroxyl groups is 1. The highest BCUT2D eigenvalue weighted by Gasteiger charge is 2.24. The lowest BCUT2D eigenvalue weighted by molar-refractivity contribution is -0.0721. The number of ether oxygens (including phenoxy) is 2. The molecule has 0 radical (unpaired) electrons. The Morgan fingerprint density at radius 3 is 2.59 bits per heavy atom. The van der Waals surface area contributed by atoms with Crippen LogP contribution in [0.3, 0.4) is 0 Å². The minimum atomic E-state index is 0. The fourth-order valence-electron chi connectivity index (χ4n) is 4.19. The fourth-order valence-corrected chi connectivity index (χ4v) is 4.19. The summed E-state index contributed by atoms with van der Waals surface area (Å²) in [5.41, 5.74) is 0.